The SMILES string of the molecule is O=C(Cc1ccc(Cl)cc1)Nc1ccc(SCC(=O)c2ccccc2)cc1. The second-order valence-corrected chi connectivity index (χ2v) is 7.44. The third-order valence-corrected chi connectivity index (χ3v) is 5.15. The van der Waals surface area contributed by atoms with E-state index in [2.05, 4.69) is 5.32 Å². The molecular weight excluding hydrogens is 378 g/mol. The molecular formula is C22H18ClNO2S. The van der Waals surface area contributed by atoms with E-state index in [-0.39, 0.29) is 11.7 Å². The van der Waals surface area contributed by atoms with Crippen molar-refractivity contribution in [2.75, 3.05) is 11.1 Å². The Bertz CT molecular complexity index is 909. The van der Waals surface area contributed by atoms with Crippen LogP contribution >= 0.6 is 23.4 Å². The van der Waals surface area contributed by atoms with Crippen molar-refractivity contribution in [1.29, 1.82) is 0 Å². The van der Waals surface area contributed by atoms with Crippen LogP contribution in [0.3, 0.4) is 0 Å². The molecule has 0 aromatic heterocycles. The van der Waals surface area contributed by atoms with Crippen molar-refractivity contribution < 1.29 is 9.59 Å². The second-order valence-electron chi connectivity index (χ2n) is 5.95. The average Bonchev–Trinajstić information content (AvgIpc) is 2.69. The number of amides is 1. The molecule has 3 rings (SSSR count). The van der Waals surface area contributed by atoms with Gasteiger partial charge in [-0.3, -0.25) is 9.59 Å². The summed E-state index contributed by atoms with van der Waals surface area (Å²) in [5, 5.41) is 3.53. The Labute approximate surface area is 167 Å². The highest BCUT2D eigenvalue weighted by molar-refractivity contribution is 8.00. The molecule has 0 aliphatic carbocycles. The van der Waals surface area contributed by atoms with Gasteiger partial charge in [-0.2, -0.15) is 0 Å². The number of hydrogen-bond donors (Lipinski definition) is 1. The van der Waals surface area contributed by atoms with Crippen LogP contribution in [-0.2, 0) is 11.2 Å². The summed E-state index contributed by atoms with van der Waals surface area (Å²) in [5.41, 5.74) is 2.35. The molecule has 5 heteroatoms. The van der Waals surface area contributed by atoms with Crippen molar-refractivity contribution in [2.24, 2.45) is 0 Å². The molecule has 0 saturated carbocycles. The lowest BCUT2D eigenvalue weighted by molar-refractivity contribution is -0.115. The van der Waals surface area contributed by atoms with Gasteiger partial charge in [-0.15, -0.1) is 11.8 Å². The van der Waals surface area contributed by atoms with Gasteiger partial charge in [0.15, 0.2) is 5.78 Å². The second kappa shape index (κ2) is 9.40. The summed E-state index contributed by atoms with van der Waals surface area (Å²) < 4.78 is 0. The molecule has 0 saturated heterocycles. The Morgan fingerprint density at radius 3 is 2.19 bits per heavy atom. The van der Waals surface area contributed by atoms with Gasteiger partial charge in [0.1, 0.15) is 0 Å². The Balaban J connectivity index is 1.50. The van der Waals surface area contributed by atoms with Gasteiger partial charge in [-0.25, -0.2) is 0 Å². The zero-order valence-electron chi connectivity index (χ0n) is 14.5. The van der Waals surface area contributed by atoms with E-state index < -0.39 is 0 Å². The Morgan fingerprint density at radius 1 is 0.852 bits per heavy atom. The number of benzene rings is 3. The molecule has 27 heavy (non-hydrogen) atoms. The zero-order valence-corrected chi connectivity index (χ0v) is 16.1. The van der Waals surface area contributed by atoms with Crippen molar-refractivity contribution in [1.82, 2.24) is 0 Å². The Kier molecular flexibility index (Phi) is 6.69. The molecule has 0 radical (unpaired) electrons. The van der Waals surface area contributed by atoms with E-state index >= 15 is 0 Å². The largest absolute Gasteiger partial charge is 0.326 e. The van der Waals surface area contributed by atoms with Crippen LogP contribution in [-0.4, -0.2) is 17.4 Å². The van der Waals surface area contributed by atoms with Crippen molar-refractivity contribution in [3.63, 3.8) is 0 Å². The third kappa shape index (κ3) is 5.98. The van der Waals surface area contributed by atoms with Gasteiger partial charge in [-0.05, 0) is 42.0 Å². The molecule has 0 fully saturated rings. The number of carbonyl (C=O) groups is 2. The maximum absolute atomic E-state index is 12.1. The smallest absolute Gasteiger partial charge is 0.228 e. The first kappa shape index (κ1) is 19.2. The number of rotatable bonds is 7. The van der Waals surface area contributed by atoms with Gasteiger partial charge in [0, 0.05) is 21.2 Å². The highest BCUT2D eigenvalue weighted by Gasteiger charge is 2.07. The first-order chi connectivity index (χ1) is 13.1. The molecule has 0 spiro atoms. The predicted molar refractivity (Wildman–Crippen MR) is 112 cm³/mol. The van der Waals surface area contributed by atoms with Crippen molar-refractivity contribution >= 4 is 40.7 Å². The van der Waals surface area contributed by atoms with Crippen LogP contribution in [0.1, 0.15) is 15.9 Å². The number of thioether (sulfide) groups is 1. The van der Waals surface area contributed by atoms with Gasteiger partial charge >= 0.3 is 0 Å². The monoisotopic (exact) mass is 395 g/mol. The maximum Gasteiger partial charge on any atom is 0.228 e. The van der Waals surface area contributed by atoms with Crippen LogP contribution in [0.4, 0.5) is 5.69 Å². The van der Waals surface area contributed by atoms with E-state index in [1.54, 1.807) is 12.1 Å². The van der Waals surface area contributed by atoms with Crippen molar-refractivity contribution in [2.45, 2.75) is 11.3 Å². The number of ketones is 1. The summed E-state index contributed by atoms with van der Waals surface area (Å²) in [6, 6.07) is 24.0. The lowest BCUT2D eigenvalue weighted by Crippen LogP contribution is -2.14. The fourth-order valence-corrected chi connectivity index (χ4v) is 3.40. The Hall–Kier alpha value is -2.56. The molecule has 3 aromatic rings. The van der Waals surface area contributed by atoms with E-state index in [1.165, 1.54) is 11.8 Å². The van der Waals surface area contributed by atoms with Crippen LogP contribution in [0.5, 0.6) is 0 Å². The number of hydrogen-bond acceptors (Lipinski definition) is 3. The minimum atomic E-state index is -0.0861. The standard InChI is InChI=1S/C22H18ClNO2S/c23-18-8-6-16(7-9-18)14-22(26)24-19-10-12-20(13-11-19)27-15-21(25)17-4-2-1-3-5-17/h1-13H,14-15H2,(H,24,26). The van der Waals surface area contributed by atoms with Crippen LogP contribution in [0.25, 0.3) is 0 Å². The molecule has 0 atom stereocenters. The zero-order chi connectivity index (χ0) is 19.1. The maximum atomic E-state index is 12.1. The van der Waals surface area contributed by atoms with E-state index in [4.69, 9.17) is 11.6 Å². The third-order valence-electron chi connectivity index (χ3n) is 3.88. The number of nitrogens with one attached hydrogen (secondary N) is 1. The summed E-state index contributed by atoms with van der Waals surface area (Å²) >= 11 is 7.33. The van der Waals surface area contributed by atoms with E-state index in [0.29, 0.717) is 17.2 Å². The molecule has 0 aliphatic rings. The summed E-state index contributed by atoms with van der Waals surface area (Å²) in [6.45, 7) is 0. The van der Waals surface area contributed by atoms with Gasteiger partial charge in [0.05, 0.1) is 12.2 Å². The quantitative estimate of drug-likeness (QED) is 0.424. The average molecular weight is 396 g/mol. The van der Waals surface area contributed by atoms with Crippen LogP contribution in [0.2, 0.25) is 5.02 Å². The first-order valence-electron chi connectivity index (χ1n) is 8.45. The molecule has 0 heterocycles. The molecule has 0 unspecified atom stereocenters. The molecule has 1 amide bonds. The summed E-state index contributed by atoms with van der Waals surface area (Å²) in [5.74, 6) is 0.393. The molecule has 0 bridgehead atoms. The minimum Gasteiger partial charge on any atom is -0.326 e. The predicted octanol–water partition coefficient (Wildman–Crippen LogP) is 5.50. The molecule has 3 nitrogen and oxygen atoms in total. The highest BCUT2D eigenvalue weighted by atomic mass is 35.5. The fourth-order valence-electron chi connectivity index (χ4n) is 2.48. The van der Waals surface area contributed by atoms with Crippen molar-refractivity contribution in [3.05, 3.63) is 95.0 Å². The van der Waals surface area contributed by atoms with Crippen molar-refractivity contribution in [3.8, 4) is 0 Å². The van der Waals surface area contributed by atoms with Gasteiger partial charge in [0.2, 0.25) is 5.91 Å². The summed E-state index contributed by atoms with van der Waals surface area (Å²) in [6.07, 6.45) is 0.291. The number of carbonyl (C=O) groups excluding carboxylic acids is 2. The lowest BCUT2D eigenvalue weighted by atomic mass is 10.1. The highest BCUT2D eigenvalue weighted by Crippen LogP contribution is 2.21. The van der Waals surface area contributed by atoms with E-state index in [1.807, 2.05) is 66.7 Å². The molecule has 136 valence electrons. The number of Topliss-reactive ketones (excluding diaryl/α,β-unsaturated/α-hetero) is 1. The molecule has 1 N–H and O–H groups in total. The van der Waals surface area contributed by atoms with Crippen LogP contribution in [0.15, 0.2) is 83.8 Å². The summed E-state index contributed by atoms with van der Waals surface area (Å²) in [4.78, 5) is 25.3. The topological polar surface area (TPSA) is 46.2 Å². The van der Waals surface area contributed by atoms with E-state index in [0.717, 1.165) is 21.7 Å². The van der Waals surface area contributed by atoms with E-state index in [9.17, 15) is 9.59 Å². The van der Waals surface area contributed by atoms with Crippen LogP contribution < -0.4 is 5.32 Å². The Morgan fingerprint density at radius 2 is 1.52 bits per heavy atom. The van der Waals surface area contributed by atoms with Gasteiger partial charge in [0.25, 0.3) is 0 Å². The normalized spacial score (nSPS) is 10.4. The van der Waals surface area contributed by atoms with Gasteiger partial charge < -0.3 is 5.32 Å². The summed E-state index contributed by atoms with van der Waals surface area (Å²) in [7, 11) is 0. The van der Waals surface area contributed by atoms with Crippen LogP contribution in [0, 0.1) is 0 Å². The molecule has 3 aromatic carbocycles. The van der Waals surface area contributed by atoms with Gasteiger partial charge in [-0.1, -0.05) is 54.1 Å². The lowest BCUT2D eigenvalue weighted by Gasteiger charge is -2.07. The number of anilines is 1. The number of halogens is 1. The first-order valence-corrected chi connectivity index (χ1v) is 9.82. The molecule has 0 aliphatic heterocycles. The fraction of sp³-hybridized carbons (Fsp3) is 0.0909. The minimum absolute atomic E-state index is 0.0861.